The van der Waals surface area contributed by atoms with Gasteiger partial charge in [0, 0.05) is 6.54 Å². The first kappa shape index (κ1) is 13.3. The van der Waals surface area contributed by atoms with Crippen LogP contribution in [0.25, 0.3) is 0 Å². The van der Waals surface area contributed by atoms with E-state index in [2.05, 4.69) is 37.4 Å². The minimum atomic E-state index is -0.170. The highest BCUT2D eigenvalue weighted by molar-refractivity contribution is 5.42. The molecule has 1 unspecified atom stereocenters. The number of halogens is 1. The number of hydrogen-bond acceptors (Lipinski definition) is 1. The second kappa shape index (κ2) is 5.37. The van der Waals surface area contributed by atoms with Crippen molar-refractivity contribution in [2.45, 2.75) is 32.2 Å². The van der Waals surface area contributed by atoms with E-state index >= 15 is 0 Å². The maximum absolute atomic E-state index is 13.5. The van der Waals surface area contributed by atoms with Crippen LogP contribution >= 0.6 is 0 Å². The van der Waals surface area contributed by atoms with Gasteiger partial charge in [0.25, 0.3) is 0 Å². The molecule has 0 bridgehead atoms. The minimum Gasteiger partial charge on any atom is -0.306 e. The molecule has 0 fully saturated rings. The standard InChI is InChI=1S/C18H20FN/c1-12(2)14-7-6-13-8-9-20-18(17(13)11-14)15-4-3-5-16(19)10-15/h3-7,10-12,18,20H,8-9H2,1-2H3. The Morgan fingerprint density at radius 1 is 1.15 bits per heavy atom. The van der Waals surface area contributed by atoms with Crippen LogP contribution in [0.3, 0.4) is 0 Å². The molecule has 1 atom stereocenters. The summed E-state index contributed by atoms with van der Waals surface area (Å²) in [5.74, 6) is 0.340. The maximum atomic E-state index is 13.5. The number of nitrogens with one attached hydrogen (secondary N) is 1. The van der Waals surface area contributed by atoms with E-state index in [1.165, 1.54) is 22.8 Å². The molecule has 0 radical (unpaired) electrons. The normalized spacial score (nSPS) is 18.1. The lowest BCUT2D eigenvalue weighted by Crippen LogP contribution is -2.30. The molecule has 20 heavy (non-hydrogen) atoms. The molecule has 1 heterocycles. The molecule has 104 valence electrons. The Balaban J connectivity index is 2.06. The first-order valence-corrected chi connectivity index (χ1v) is 7.26. The Morgan fingerprint density at radius 3 is 2.75 bits per heavy atom. The van der Waals surface area contributed by atoms with Crippen molar-refractivity contribution < 1.29 is 4.39 Å². The summed E-state index contributed by atoms with van der Waals surface area (Å²) in [6.07, 6.45) is 1.04. The minimum absolute atomic E-state index is 0.105. The van der Waals surface area contributed by atoms with Crippen molar-refractivity contribution in [2.75, 3.05) is 6.54 Å². The van der Waals surface area contributed by atoms with E-state index in [1.54, 1.807) is 12.1 Å². The fourth-order valence-electron chi connectivity index (χ4n) is 2.91. The summed E-state index contributed by atoms with van der Waals surface area (Å²) >= 11 is 0. The van der Waals surface area contributed by atoms with Crippen molar-refractivity contribution in [2.24, 2.45) is 0 Å². The highest BCUT2D eigenvalue weighted by Gasteiger charge is 2.22. The van der Waals surface area contributed by atoms with Crippen molar-refractivity contribution in [3.05, 3.63) is 70.5 Å². The van der Waals surface area contributed by atoms with Gasteiger partial charge in [0.05, 0.1) is 6.04 Å². The second-order valence-corrected chi connectivity index (χ2v) is 5.81. The summed E-state index contributed by atoms with van der Waals surface area (Å²) in [5, 5.41) is 3.52. The molecule has 1 nitrogen and oxygen atoms in total. The van der Waals surface area contributed by atoms with Crippen LogP contribution in [0.15, 0.2) is 42.5 Å². The van der Waals surface area contributed by atoms with E-state index in [-0.39, 0.29) is 11.9 Å². The van der Waals surface area contributed by atoms with Gasteiger partial charge in [-0.05, 0) is 46.7 Å². The number of fused-ring (bicyclic) bond motifs is 1. The van der Waals surface area contributed by atoms with Crippen LogP contribution in [0, 0.1) is 5.82 Å². The van der Waals surface area contributed by atoms with Crippen LogP contribution in [0.4, 0.5) is 4.39 Å². The third kappa shape index (κ3) is 2.48. The van der Waals surface area contributed by atoms with Gasteiger partial charge in [0.15, 0.2) is 0 Å². The molecule has 2 aromatic rings. The molecule has 2 heteroatoms. The SMILES string of the molecule is CC(C)c1ccc2c(c1)C(c1cccc(F)c1)NCC2. The highest BCUT2D eigenvalue weighted by Crippen LogP contribution is 2.31. The number of hydrogen-bond donors (Lipinski definition) is 1. The summed E-state index contributed by atoms with van der Waals surface area (Å²) in [6.45, 7) is 5.35. The lowest BCUT2D eigenvalue weighted by atomic mass is 9.87. The van der Waals surface area contributed by atoms with E-state index in [0.717, 1.165) is 18.5 Å². The van der Waals surface area contributed by atoms with E-state index in [0.29, 0.717) is 5.92 Å². The average molecular weight is 269 g/mol. The van der Waals surface area contributed by atoms with Gasteiger partial charge in [-0.2, -0.15) is 0 Å². The predicted octanol–water partition coefficient (Wildman–Crippen LogP) is 4.18. The van der Waals surface area contributed by atoms with Gasteiger partial charge in [-0.15, -0.1) is 0 Å². The third-order valence-electron chi connectivity index (χ3n) is 4.07. The van der Waals surface area contributed by atoms with Crippen molar-refractivity contribution in [3.63, 3.8) is 0 Å². The summed E-state index contributed by atoms with van der Waals surface area (Å²) in [7, 11) is 0. The van der Waals surface area contributed by atoms with E-state index < -0.39 is 0 Å². The van der Waals surface area contributed by atoms with Gasteiger partial charge in [0.1, 0.15) is 5.82 Å². The molecule has 2 aromatic carbocycles. The van der Waals surface area contributed by atoms with Crippen LogP contribution < -0.4 is 5.32 Å². The molecule has 0 amide bonds. The van der Waals surface area contributed by atoms with Crippen LogP contribution in [0.1, 0.15) is 48.1 Å². The Kier molecular flexibility index (Phi) is 3.58. The van der Waals surface area contributed by atoms with Crippen molar-refractivity contribution in [1.82, 2.24) is 5.32 Å². The molecule has 0 aliphatic carbocycles. The highest BCUT2D eigenvalue weighted by atomic mass is 19.1. The van der Waals surface area contributed by atoms with Crippen molar-refractivity contribution in [1.29, 1.82) is 0 Å². The number of rotatable bonds is 2. The zero-order valence-corrected chi connectivity index (χ0v) is 12.0. The molecule has 1 N–H and O–H groups in total. The molecule has 1 aliphatic rings. The lowest BCUT2D eigenvalue weighted by Gasteiger charge is -2.28. The van der Waals surface area contributed by atoms with Gasteiger partial charge in [-0.25, -0.2) is 4.39 Å². The molecular formula is C18H20FN. The molecule has 0 spiro atoms. The molecule has 0 aromatic heterocycles. The summed E-state index contributed by atoms with van der Waals surface area (Å²) in [4.78, 5) is 0. The van der Waals surface area contributed by atoms with E-state index in [4.69, 9.17) is 0 Å². The summed E-state index contributed by atoms with van der Waals surface area (Å²) in [6, 6.07) is 13.8. The maximum Gasteiger partial charge on any atom is 0.123 e. The predicted molar refractivity (Wildman–Crippen MR) is 80.5 cm³/mol. The lowest BCUT2D eigenvalue weighted by molar-refractivity contribution is 0.559. The first-order valence-electron chi connectivity index (χ1n) is 7.26. The Morgan fingerprint density at radius 2 is 2.00 bits per heavy atom. The van der Waals surface area contributed by atoms with Crippen LogP contribution in [0.2, 0.25) is 0 Å². The fourth-order valence-corrected chi connectivity index (χ4v) is 2.91. The summed E-state index contributed by atoms with van der Waals surface area (Å²) < 4.78 is 13.5. The van der Waals surface area contributed by atoms with Crippen LogP contribution in [-0.4, -0.2) is 6.54 Å². The Hall–Kier alpha value is -1.67. The molecule has 0 saturated carbocycles. The zero-order chi connectivity index (χ0) is 14.1. The molecular weight excluding hydrogens is 249 g/mol. The third-order valence-corrected chi connectivity index (χ3v) is 4.07. The average Bonchev–Trinajstić information content (AvgIpc) is 2.46. The largest absolute Gasteiger partial charge is 0.306 e. The van der Waals surface area contributed by atoms with E-state index in [1.807, 2.05) is 6.07 Å². The zero-order valence-electron chi connectivity index (χ0n) is 12.0. The van der Waals surface area contributed by atoms with Gasteiger partial charge in [0.2, 0.25) is 0 Å². The molecule has 0 saturated heterocycles. The Bertz CT molecular complexity index is 619. The second-order valence-electron chi connectivity index (χ2n) is 5.81. The van der Waals surface area contributed by atoms with Gasteiger partial charge >= 0.3 is 0 Å². The van der Waals surface area contributed by atoms with Crippen LogP contribution in [0.5, 0.6) is 0 Å². The first-order chi connectivity index (χ1) is 9.65. The summed E-state index contributed by atoms with van der Waals surface area (Å²) in [5.41, 5.74) is 5.02. The molecule has 3 rings (SSSR count). The van der Waals surface area contributed by atoms with Crippen molar-refractivity contribution >= 4 is 0 Å². The molecule has 1 aliphatic heterocycles. The topological polar surface area (TPSA) is 12.0 Å². The van der Waals surface area contributed by atoms with Gasteiger partial charge in [-0.1, -0.05) is 44.2 Å². The van der Waals surface area contributed by atoms with E-state index in [9.17, 15) is 4.39 Å². The quantitative estimate of drug-likeness (QED) is 0.862. The van der Waals surface area contributed by atoms with Crippen molar-refractivity contribution in [3.8, 4) is 0 Å². The number of benzene rings is 2. The van der Waals surface area contributed by atoms with Gasteiger partial charge < -0.3 is 5.32 Å². The monoisotopic (exact) mass is 269 g/mol. The smallest absolute Gasteiger partial charge is 0.123 e. The van der Waals surface area contributed by atoms with Crippen LogP contribution in [-0.2, 0) is 6.42 Å². The Labute approximate surface area is 119 Å². The fraction of sp³-hybridized carbons (Fsp3) is 0.333. The van der Waals surface area contributed by atoms with Gasteiger partial charge in [-0.3, -0.25) is 0 Å².